The molecule has 1 aliphatic heterocycles. The molecule has 0 atom stereocenters. The third kappa shape index (κ3) is 4.46. The van der Waals surface area contributed by atoms with Crippen LogP contribution in [0.25, 0.3) is 21.3 Å². The molecule has 2 N–H and O–H groups in total. The number of hydrogen-bond donors (Lipinski definition) is 2. The first-order valence-electron chi connectivity index (χ1n) is 11.2. The predicted molar refractivity (Wildman–Crippen MR) is 138 cm³/mol. The molecule has 0 spiro atoms. The number of aromatic nitrogens is 2. The Morgan fingerprint density at radius 2 is 2.00 bits per heavy atom. The van der Waals surface area contributed by atoms with E-state index in [-0.39, 0.29) is 38.6 Å². The monoisotopic (exact) mass is 573 g/mol. The maximum atomic E-state index is 13.4. The summed E-state index contributed by atoms with van der Waals surface area (Å²) in [7, 11) is 0. The molecule has 2 aromatic heterocycles. The number of carbonyl (C=O) groups excluding carboxylic acids is 2. The van der Waals surface area contributed by atoms with Crippen LogP contribution in [0, 0.1) is 19.7 Å². The van der Waals surface area contributed by atoms with Crippen molar-refractivity contribution >= 4 is 65.2 Å². The Hall–Kier alpha value is -3.39. The first kappa shape index (κ1) is 24.3. The Labute approximate surface area is 216 Å². The quantitative estimate of drug-likeness (QED) is 0.154. The number of fused-ring (bicyclic) bond motifs is 2. The summed E-state index contributed by atoms with van der Waals surface area (Å²) in [5, 5.41) is 3.87. The molecule has 0 saturated carbocycles. The summed E-state index contributed by atoms with van der Waals surface area (Å²) in [6.45, 7) is 4.12. The number of esters is 1. The summed E-state index contributed by atoms with van der Waals surface area (Å²) >= 11 is 5.82. The molecular weight excluding hydrogens is 552 g/mol. The van der Waals surface area contributed by atoms with Gasteiger partial charge in [0.05, 0.1) is 0 Å². The van der Waals surface area contributed by atoms with Crippen molar-refractivity contribution in [3.63, 3.8) is 0 Å². The van der Waals surface area contributed by atoms with Crippen LogP contribution in [0.15, 0.2) is 41.2 Å². The number of rotatable bonds is 6. The van der Waals surface area contributed by atoms with Gasteiger partial charge in [-0.05, 0) is 18.2 Å². The number of H-pyrrole nitrogens is 1. The molecule has 36 heavy (non-hydrogen) atoms. The molecule has 184 valence electrons. The molecule has 7 nitrogen and oxygen atoms in total. The van der Waals surface area contributed by atoms with Gasteiger partial charge in [-0.3, -0.25) is 4.79 Å². The van der Waals surface area contributed by atoms with E-state index >= 15 is 0 Å². The van der Waals surface area contributed by atoms with Crippen LogP contribution >= 0.6 is 11.6 Å². The predicted octanol–water partition coefficient (Wildman–Crippen LogP) is 4.54. The SMILES string of the molecule is Cc1[nH]c(/C=C2\C(=O)Nc3ccc(Cl)cc32)c(C)c1C(=O)OCCCn1[se]c2cc(F)ccc2c1=O. The van der Waals surface area contributed by atoms with Gasteiger partial charge >= 0.3 is 166 Å². The standard InChI is InChI=1S/C26H21ClFN3O4Se/c1-13-21(12-19-18-10-15(27)4-7-20(18)30-24(19)32)29-14(2)23(13)26(34)35-9-3-8-31-25(33)17-6-5-16(28)11-22(17)36-31/h4-7,10-12,29H,3,8-9H2,1-2H3,(H,30,32)/b19-12-. The molecule has 0 fully saturated rings. The third-order valence-corrected chi connectivity index (χ3v) is 8.63. The van der Waals surface area contributed by atoms with Gasteiger partial charge in [-0.2, -0.15) is 0 Å². The summed E-state index contributed by atoms with van der Waals surface area (Å²) in [5.41, 5.74) is 4.06. The van der Waals surface area contributed by atoms with Crippen LogP contribution < -0.4 is 10.9 Å². The van der Waals surface area contributed by atoms with Gasteiger partial charge in [0.1, 0.15) is 0 Å². The number of anilines is 1. The van der Waals surface area contributed by atoms with Gasteiger partial charge in [-0.25, -0.2) is 0 Å². The molecule has 0 saturated heterocycles. The van der Waals surface area contributed by atoms with E-state index in [0.29, 0.717) is 62.7 Å². The van der Waals surface area contributed by atoms with Gasteiger partial charge in [0.25, 0.3) is 0 Å². The van der Waals surface area contributed by atoms with Crippen LogP contribution in [0.1, 0.15) is 39.3 Å². The van der Waals surface area contributed by atoms with Crippen molar-refractivity contribution in [2.45, 2.75) is 26.8 Å². The molecule has 1 aliphatic rings. The van der Waals surface area contributed by atoms with Crippen molar-refractivity contribution in [3.8, 4) is 0 Å². The van der Waals surface area contributed by atoms with Gasteiger partial charge < -0.3 is 5.32 Å². The Bertz CT molecular complexity index is 1630. The van der Waals surface area contributed by atoms with E-state index in [1.165, 1.54) is 18.2 Å². The number of aromatic amines is 1. The third-order valence-electron chi connectivity index (χ3n) is 6.08. The average Bonchev–Trinajstić information content (AvgIpc) is 3.41. The molecule has 5 rings (SSSR count). The Morgan fingerprint density at radius 1 is 1.19 bits per heavy atom. The molecule has 1 amide bonds. The number of nitrogens with one attached hydrogen (secondary N) is 2. The second-order valence-electron chi connectivity index (χ2n) is 8.49. The number of carbonyl (C=O) groups is 2. The molecule has 10 heteroatoms. The number of halogens is 2. The first-order valence-corrected chi connectivity index (χ1v) is 13.2. The molecule has 0 radical (unpaired) electrons. The fourth-order valence-corrected chi connectivity index (χ4v) is 6.70. The zero-order chi connectivity index (χ0) is 25.6. The van der Waals surface area contributed by atoms with Crippen LogP contribution in [0.3, 0.4) is 0 Å². The second-order valence-corrected chi connectivity index (χ2v) is 11.2. The zero-order valence-electron chi connectivity index (χ0n) is 19.4. The second kappa shape index (κ2) is 9.58. The number of amides is 1. The van der Waals surface area contributed by atoms with Gasteiger partial charge in [-0.15, -0.1) is 0 Å². The van der Waals surface area contributed by atoms with Crippen LogP contribution in [0.5, 0.6) is 0 Å². The van der Waals surface area contributed by atoms with Crippen LogP contribution in [-0.4, -0.2) is 41.8 Å². The molecule has 0 bridgehead atoms. The van der Waals surface area contributed by atoms with Crippen molar-refractivity contribution in [2.24, 2.45) is 0 Å². The minimum atomic E-state index is -0.478. The number of nitrogens with zero attached hydrogens (tertiary/aromatic N) is 1. The number of ether oxygens (including phenoxy) is 1. The Balaban J connectivity index is 1.28. The summed E-state index contributed by atoms with van der Waals surface area (Å²) in [5.74, 6) is -1.08. The Morgan fingerprint density at radius 3 is 2.81 bits per heavy atom. The summed E-state index contributed by atoms with van der Waals surface area (Å²) in [6.07, 6.45) is 2.17. The maximum absolute atomic E-state index is 13.4. The van der Waals surface area contributed by atoms with Crippen LogP contribution in [0.2, 0.25) is 5.02 Å². The van der Waals surface area contributed by atoms with E-state index in [2.05, 4.69) is 10.3 Å². The molecule has 2 aromatic carbocycles. The average molecular weight is 573 g/mol. The normalized spacial score (nSPS) is 13.9. The van der Waals surface area contributed by atoms with E-state index in [4.69, 9.17) is 16.3 Å². The number of benzene rings is 2. The van der Waals surface area contributed by atoms with Crippen LogP contribution in [-0.2, 0) is 16.1 Å². The topological polar surface area (TPSA) is 93.2 Å². The minimum absolute atomic E-state index is 0.120. The van der Waals surface area contributed by atoms with Gasteiger partial charge in [0.2, 0.25) is 0 Å². The van der Waals surface area contributed by atoms with Crippen molar-refractivity contribution in [1.29, 1.82) is 0 Å². The van der Waals surface area contributed by atoms with E-state index in [0.717, 1.165) is 4.26 Å². The fraction of sp³-hybridized carbons (Fsp3) is 0.192. The summed E-state index contributed by atoms with van der Waals surface area (Å²) < 4.78 is 21.3. The van der Waals surface area contributed by atoms with E-state index in [1.54, 1.807) is 41.7 Å². The fourth-order valence-electron chi connectivity index (χ4n) is 4.31. The van der Waals surface area contributed by atoms with Gasteiger partial charge in [0.15, 0.2) is 0 Å². The number of hydrogen-bond acceptors (Lipinski definition) is 4. The Kier molecular flexibility index (Phi) is 6.47. The van der Waals surface area contributed by atoms with E-state index in [9.17, 15) is 18.8 Å². The summed E-state index contributed by atoms with van der Waals surface area (Å²) in [4.78, 5) is 41.0. The van der Waals surface area contributed by atoms with E-state index < -0.39 is 5.97 Å². The zero-order valence-corrected chi connectivity index (χ0v) is 21.9. The van der Waals surface area contributed by atoms with Crippen molar-refractivity contribution in [1.82, 2.24) is 8.55 Å². The van der Waals surface area contributed by atoms with Crippen molar-refractivity contribution < 1.29 is 18.7 Å². The van der Waals surface area contributed by atoms with Crippen LogP contribution in [0.4, 0.5) is 10.1 Å². The molecule has 3 heterocycles. The summed E-state index contributed by atoms with van der Waals surface area (Å²) in [6, 6.07) is 9.39. The molecule has 0 aliphatic carbocycles. The van der Waals surface area contributed by atoms with Gasteiger partial charge in [0, 0.05) is 10.7 Å². The van der Waals surface area contributed by atoms with Crippen molar-refractivity contribution in [3.05, 3.63) is 85.7 Å². The van der Waals surface area contributed by atoms with Gasteiger partial charge in [-0.1, -0.05) is 11.6 Å². The molecule has 4 aromatic rings. The van der Waals surface area contributed by atoms with E-state index in [1.807, 2.05) is 0 Å². The number of aryl methyl sites for hydroxylation is 2. The first-order chi connectivity index (χ1) is 17.2. The molecular formula is C26H21ClFN3O4Se. The molecule has 0 unspecified atom stereocenters. The van der Waals surface area contributed by atoms with Crippen molar-refractivity contribution in [2.75, 3.05) is 11.9 Å².